The summed E-state index contributed by atoms with van der Waals surface area (Å²) < 4.78 is 12.4. The number of hydrogen-bond donors (Lipinski definition) is 3. The number of hydrogen-bond acceptors (Lipinski definition) is 8. The highest BCUT2D eigenvalue weighted by Gasteiger charge is 2.42. The maximum Gasteiger partial charge on any atom is 0.219 e. The number of halogens is 1. The number of aromatic nitrogens is 3. The number of hydroxylamine groups is 2. The Kier molecular flexibility index (Phi) is 3.76. The van der Waals surface area contributed by atoms with E-state index in [9.17, 15) is 15.4 Å². The molecular weight excluding hydrogens is 340 g/mol. The summed E-state index contributed by atoms with van der Waals surface area (Å²) in [6.07, 6.45) is 1.01. The van der Waals surface area contributed by atoms with Gasteiger partial charge in [0.15, 0.2) is 6.23 Å². The molecule has 1 aliphatic rings. The number of rotatable bonds is 3. The molecule has 3 N–H and O–H groups in total. The zero-order valence-corrected chi connectivity index (χ0v) is 12.9. The standard InChI is InChI=1S/C14H13ClN4O5/c15-11-10-7(8-2-1-3-23-8)4-18(12(10)17-6-16-11)14-19(22)13(21)9(5-20)24-14/h1-4,6,9,13-14,20-22H,5H2. The number of aliphatic hydroxyl groups excluding tert-OH is 2. The van der Waals surface area contributed by atoms with Crippen LogP contribution in [0.4, 0.5) is 0 Å². The Morgan fingerprint density at radius 2 is 2.17 bits per heavy atom. The van der Waals surface area contributed by atoms with Crippen LogP contribution in [0.3, 0.4) is 0 Å². The van der Waals surface area contributed by atoms with Gasteiger partial charge in [-0.15, -0.1) is 5.06 Å². The Bertz CT molecular complexity index is 868. The number of furan rings is 1. The van der Waals surface area contributed by atoms with E-state index in [1.807, 2.05) is 0 Å². The average molecular weight is 353 g/mol. The van der Waals surface area contributed by atoms with E-state index in [2.05, 4.69) is 9.97 Å². The van der Waals surface area contributed by atoms with Crippen LogP contribution in [-0.2, 0) is 4.74 Å². The molecule has 3 atom stereocenters. The predicted molar refractivity (Wildman–Crippen MR) is 80.9 cm³/mol. The molecule has 0 aliphatic carbocycles. The highest BCUT2D eigenvalue weighted by atomic mass is 35.5. The van der Waals surface area contributed by atoms with Gasteiger partial charge in [-0.1, -0.05) is 11.6 Å². The molecule has 9 nitrogen and oxygen atoms in total. The number of ether oxygens (including phenoxy) is 1. The first kappa shape index (κ1) is 15.5. The summed E-state index contributed by atoms with van der Waals surface area (Å²) in [7, 11) is 0. The van der Waals surface area contributed by atoms with Gasteiger partial charge >= 0.3 is 0 Å². The molecule has 1 saturated heterocycles. The Labute approximate surface area is 140 Å². The molecule has 24 heavy (non-hydrogen) atoms. The van der Waals surface area contributed by atoms with Gasteiger partial charge in [-0.3, -0.25) is 4.57 Å². The second kappa shape index (κ2) is 5.81. The van der Waals surface area contributed by atoms with Crippen LogP contribution < -0.4 is 0 Å². The minimum atomic E-state index is -1.37. The molecule has 0 spiro atoms. The second-order valence-corrected chi connectivity index (χ2v) is 5.63. The fourth-order valence-corrected chi connectivity index (χ4v) is 2.98. The van der Waals surface area contributed by atoms with Gasteiger partial charge in [0.1, 0.15) is 29.0 Å². The molecule has 0 amide bonds. The van der Waals surface area contributed by atoms with Crippen LogP contribution in [0.15, 0.2) is 35.3 Å². The maximum absolute atomic E-state index is 10.1. The van der Waals surface area contributed by atoms with Crippen LogP contribution in [0.2, 0.25) is 5.15 Å². The molecule has 1 fully saturated rings. The van der Waals surface area contributed by atoms with Crippen molar-refractivity contribution in [2.75, 3.05) is 6.61 Å². The van der Waals surface area contributed by atoms with Crippen molar-refractivity contribution >= 4 is 22.6 Å². The van der Waals surface area contributed by atoms with Gasteiger partial charge < -0.3 is 24.6 Å². The van der Waals surface area contributed by atoms with E-state index in [1.165, 1.54) is 17.2 Å². The van der Waals surface area contributed by atoms with E-state index in [0.29, 0.717) is 27.4 Å². The largest absolute Gasteiger partial charge is 0.464 e. The predicted octanol–water partition coefficient (Wildman–Crippen LogP) is 1.20. The van der Waals surface area contributed by atoms with Gasteiger partial charge in [0.05, 0.1) is 18.3 Å². The van der Waals surface area contributed by atoms with E-state index in [0.717, 1.165) is 0 Å². The van der Waals surface area contributed by atoms with Gasteiger partial charge in [-0.05, 0) is 12.1 Å². The molecule has 3 unspecified atom stereocenters. The molecule has 10 heteroatoms. The molecular formula is C14H13ClN4O5. The van der Waals surface area contributed by atoms with Gasteiger partial charge in [-0.2, -0.15) is 0 Å². The van der Waals surface area contributed by atoms with Crippen LogP contribution in [0.25, 0.3) is 22.4 Å². The third kappa shape index (κ3) is 2.22. The first-order valence-corrected chi connectivity index (χ1v) is 7.46. The topological polar surface area (TPSA) is 117 Å². The Morgan fingerprint density at radius 1 is 1.33 bits per heavy atom. The minimum Gasteiger partial charge on any atom is -0.464 e. The summed E-state index contributed by atoms with van der Waals surface area (Å²) in [5.41, 5.74) is 0.996. The van der Waals surface area contributed by atoms with Crippen molar-refractivity contribution in [3.63, 3.8) is 0 Å². The monoisotopic (exact) mass is 352 g/mol. The number of nitrogens with zero attached hydrogens (tertiary/aromatic N) is 4. The lowest BCUT2D eigenvalue weighted by atomic mass is 10.2. The zero-order chi connectivity index (χ0) is 16.8. The van der Waals surface area contributed by atoms with Crippen molar-refractivity contribution in [3.05, 3.63) is 36.1 Å². The molecule has 4 heterocycles. The minimum absolute atomic E-state index is 0.215. The molecule has 4 rings (SSSR count). The Balaban J connectivity index is 1.90. The van der Waals surface area contributed by atoms with Crippen LogP contribution in [0.5, 0.6) is 0 Å². The van der Waals surface area contributed by atoms with Gasteiger partial charge in [-0.25, -0.2) is 9.97 Å². The third-order valence-electron chi connectivity index (χ3n) is 3.89. The van der Waals surface area contributed by atoms with Gasteiger partial charge in [0, 0.05) is 11.8 Å². The van der Waals surface area contributed by atoms with Crippen LogP contribution >= 0.6 is 11.6 Å². The van der Waals surface area contributed by atoms with E-state index < -0.39 is 25.3 Å². The van der Waals surface area contributed by atoms with Crippen LogP contribution in [0.1, 0.15) is 6.35 Å². The lowest BCUT2D eigenvalue weighted by Crippen LogP contribution is -2.35. The molecule has 3 aromatic heterocycles. The molecule has 0 saturated carbocycles. The van der Waals surface area contributed by atoms with E-state index >= 15 is 0 Å². The summed E-state index contributed by atoms with van der Waals surface area (Å²) in [4.78, 5) is 8.17. The fourth-order valence-electron chi connectivity index (χ4n) is 2.76. The van der Waals surface area contributed by atoms with Crippen molar-refractivity contribution in [2.45, 2.75) is 18.7 Å². The van der Waals surface area contributed by atoms with Crippen molar-refractivity contribution < 1.29 is 24.6 Å². The molecule has 0 bridgehead atoms. The van der Waals surface area contributed by atoms with Crippen LogP contribution in [-0.4, -0.2) is 54.0 Å². The van der Waals surface area contributed by atoms with Crippen LogP contribution in [0, 0.1) is 0 Å². The molecule has 1 aliphatic heterocycles. The molecule has 0 aromatic carbocycles. The van der Waals surface area contributed by atoms with Crippen molar-refractivity contribution in [1.29, 1.82) is 0 Å². The van der Waals surface area contributed by atoms with E-state index in [-0.39, 0.29) is 5.15 Å². The quantitative estimate of drug-likeness (QED) is 0.602. The Hall–Kier alpha value is -2.01. The number of fused-ring (bicyclic) bond motifs is 1. The SMILES string of the molecule is OCC1OC(n2cc(-c3ccco3)c3c(Cl)ncnc32)N(O)C1O. The first-order valence-electron chi connectivity index (χ1n) is 7.08. The molecule has 3 aromatic rings. The molecule has 0 radical (unpaired) electrons. The van der Waals surface area contributed by atoms with Gasteiger partial charge in [0.25, 0.3) is 0 Å². The first-order chi connectivity index (χ1) is 11.6. The second-order valence-electron chi connectivity index (χ2n) is 5.27. The smallest absolute Gasteiger partial charge is 0.219 e. The fraction of sp³-hybridized carbons (Fsp3) is 0.286. The van der Waals surface area contributed by atoms with E-state index in [4.69, 9.17) is 20.8 Å². The summed E-state index contributed by atoms with van der Waals surface area (Å²) in [5.74, 6) is 0.539. The lowest BCUT2D eigenvalue weighted by molar-refractivity contribution is -0.234. The molecule has 126 valence electrons. The highest BCUT2D eigenvalue weighted by molar-refractivity contribution is 6.35. The average Bonchev–Trinajstić information content (AvgIpc) is 3.28. The van der Waals surface area contributed by atoms with Gasteiger partial charge in [0.2, 0.25) is 6.35 Å². The summed E-state index contributed by atoms with van der Waals surface area (Å²) >= 11 is 6.21. The lowest BCUT2D eigenvalue weighted by Gasteiger charge is -2.19. The van der Waals surface area contributed by atoms with E-state index in [1.54, 1.807) is 18.3 Å². The summed E-state index contributed by atoms with van der Waals surface area (Å²) in [6, 6.07) is 3.48. The maximum atomic E-state index is 10.1. The normalized spacial score (nSPS) is 24.9. The summed E-state index contributed by atoms with van der Waals surface area (Å²) in [6.45, 7) is -0.450. The third-order valence-corrected chi connectivity index (χ3v) is 4.18. The van der Waals surface area contributed by atoms with Crippen molar-refractivity contribution in [2.24, 2.45) is 0 Å². The zero-order valence-electron chi connectivity index (χ0n) is 12.2. The van der Waals surface area contributed by atoms with Crippen molar-refractivity contribution in [3.8, 4) is 11.3 Å². The highest BCUT2D eigenvalue weighted by Crippen LogP contribution is 2.38. The van der Waals surface area contributed by atoms with Crippen molar-refractivity contribution in [1.82, 2.24) is 19.6 Å². The summed E-state index contributed by atoms with van der Waals surface area (Å²) in [5, 5.41) is 30.6. The number of aliphatic hydroxyl groups is 2. The Morgan fingerprint density at radius 3 is 2.83 bits per heavy atom.